The minimum Gasteiger partial charge on any atom is -0.493 e. The number of carbonyl (C=O) groups excluding carboxylic acids is 2. The number of amides is 2. The van der Waals surface area contributed by atoms with Crippen LogP contribution in [0.1, 0.15) is 17.1 Å². The SMILES string of the molecule is COc1cc(C=C2SC(=S)N(Cc3ccco3)C2=O)ccc1OCC(=O)NCc1ccco1. The Balaban J connectivity index is 1.39. The summed E-state index contributed by atoms with van der Waals surface area (Å²) in [4.78, 5) is 26.8. The number of carbonyl (C=O) groups is 2. The topological polar surface area (TPSA) is 94.1 Å². The second-order valence-electron chi connectivity index (χ2n) is 6.90. The van der Waals surface area contributed by atoms with Crippen molar-refractivity contribution in [1.82, 2.24) is 10.2 Å². The van der Waals surface area contributed by atoms with Gasteiger partial charge in [0.05, 0.1) is 37.6 Å². The lowest BCUT2D eigenvalue weighted by Gasteiger charge is -2.12. The largest absolute Gasteiger partial charge is 0.493 e. The normalized spacial score (nSPS) is 14.7. The summed E-state index contributed by atoms with van der Waals surface area (Å²) in [5.74, 6) is 1.68. The monoisotopic (exact) mass is 484 g/mol. The summed E-state index contributed by atoms with van der Waals surface area (Å²) in [6, 6.07) is 12.3. The third kappa shape index (κ3) is 5.65. The Labute approximate surface area is 199 Å². The molecule has 3 aromatic rings. The Morgan fingerprint density at radius 3 is 2.61 bits per heavy atom. The van der Waals surface area contributed by atoms with Crippen LogP contribution in [0.25, 0.3) is 6.08 Å². The van der Waals surface area contributed by atoms with E-state index in [-0.39, 0.29) is 31.5 Å². The van der Waals surface area contributed by atoms with E-state index in [1.807, 2.05) is 0 Å². The Kier molecular flexibility index (Phi) is 7.16. The highest BCUT2D eigenvalue weighted by Gasteiger charge is 2.32. The van der Waals surface area contributed by atoms with Crippen LogP contribution in [0.15, 0.2) is 68.7 Å². The molecule has 0 saturated carbocycles. The number of hydrogen-bond donors (Lipinski definition) is 1. The first-order valence-corrected chi connectivity index (χ1v) is 11.1. The summed E-state index contributed by atoms with van der Waals surface area (Å²) in [6.07, 6.45) is 4.84. The number of rotatable bonds is 9. The molecule has 0 unspecified atom stereocenters. The Hall–Kier alpha value is -3.50. The first-order chi connectivity index (χ1) is 16.0. The molecule has 1 fully saturated rings. The molecule has 1 N–H and O–H groups in total. The van der Waals surface area contributed by atoms with Crippen molar-refractivity contribution in [3.8, 4) is 11.5 Å². The van der Waals surface area contributed by atoms with Gasteiger partial charge in [-0.3, -0.25) is 14.5 Å². The van der Waals surface area contributed by atoms with Crippen molar-refractivity contribution >= 4 is 46.2 Å². The molecule has 3 heterocycles. The van der Waals surface area contributed by atoms with Gasteiger partial charge in [-0.1, -0.05) is 30.0 Å². The van der Waals surface area contributed by atoms with Crippen LogP contribution in [0.2, 0.25) is 0 Å². The zero-order chi connectivity index (χ0) is 23.2. The van der Waals surface area contributed by atoms with Crippen molar-refractivity contribution < 1.29 is 27.9 Å². The summed E-state index contributed by atoms with van der Waals surface area (Å²) < 4.78 is 22.0. The van der Waals surface area contributed by atoms with Crippen LogP contribution >= 0.6 is 24.0 Å². The summed E-state index contributed by atoms with van der Waals surface area (Å²) in [6.45, 7) is 0.387. The molecule has 2 aromatic heterocycles. The molecular weight excluding hydrogens is 464 g/mol. The molecule has 170 valence electrons. The number of thiocarbonyl (C=S) groups is 1. The Morgan fingerprint density at radius 2 is 1.91 bits per heavy atom. The van der Waals surface area contributed by atoms with E-state index >= 15 is 0 Å². The lowest BCUT2D eigenvalue weighted by atomic mass is 10.2. The van der Waals surface area contributed by atoms with E-state index in [1.165, 1.54) is 23.8 Å². The number of furan rings is 2. The van der Waals surface area contributed by atoms with Crippen molar-refractivity contribution in [3.05, 3.63) is 77.0 Å². The van der Waals surface area contributed by atoms with Gasteiger partial charge in [0.2, 0.25) is 0 Å². The van der Waals surface area contributed by atoms with Gasteiger partial charge in [0.15, 0.2) is 18.1 Å². The van der Waals surface area contributed by atoms with Gasteiger partial charge in [-0.25, -0.2) is 0 Å². The molecule has 33 heavy (non-hydrogen) atoms. The van der Waals surface area contributed by atoms with E-state index < -0.39 is 0 Å². The highest BCUT2D eigenvalue weighted by molar-refractivity contribution is 8.26. The predicted octanol–water partition coefficient (Wildman–Crippen LogP) is 3.98. The molecule has 0 bridgehead atoms. The molecule has 1 saturated heterocycles. The standard InChI is InChI=1S/C23H20N2O6S2/c1-28-19-10-15(6-7-18(19)31-14-21(26)24-12-16-4-2-8-29-16)11-20-22(27)25(23(32)33-20)13-17-5-3-9-30-17/h2-11H,12-14H2,1H3,(H,24,26). The first-order valence-electron chi connectivity index (χ1n) is 9.91. The van der Waals surface area contributed by atoms with Crippen LogP contribution in [0.5, 0.6) is 11.5 Å². The molecule has 10 heteroatoms. The smallest absolute Gasteiger partial charge is 0.266 e. The van der Waals surface area contributed by atoms with Crippen LogP contribution in [-0.4, -0.2) is 34.8 Å². The van der Waals surface area contributed by atoms with Crippen molar-refractivity contribution in [1.29, 1.82) is 0 Å². The van der Waals surface area contributed by atoms with Crippen molar-refractivity contribution in [3.63, 3.8) is 0 Å². The number of benzene rings is 1. The Bertz CT molecular complexity index is 1170. The van der Waals surface area contributed by atoms with Crippen LogP contribution in [0.3, 0.4) is 0 Å². The van der Waals surface area contributed by atoms with Gasteiger partial charge < -0.3 is 23.6 Å². The van der Waals surface area contributed by atoms with Crippen molar-refractivity contribution in [2.75, 3.05) is 13.7 Å². The molecule has 1 aliphatic heterocycles. The van der Waals surface area contributed by atoms with E-state index in [0.717, 1.165) is 5.56 Å². The lowest BCUT2D eigenvalue weighted by molar-refractivity contribution is -0.123. The fourth-order valence-corrected chi connectivity index (χ4v) is 4.29. The van der Waals surface area contributed by atoms with E-state index in [2.05, 4.69) is 5.32 Å². The van der Waals surface area contributed by atoms with Gasteiger partial charge in [0, 0.05) is 0 Å². The summed E-state index contributed by atoms with van der Waals surface area (Å²) in [5.41, 5.74) is 0.736. The van der Waals surface area contributed by atoms with Gasteiger partial charge in [-0.15, -0.1) is 0 Å². The average Bonchev–Trinajstić information content (AvgIpc) is 3.57. The number of ether oxygens (including phenoxy) is 2. The maximum Gasteiger partial charge on any atom is 0.266 e. The van der Waals surface area contributed by atoms with Gasteiger partial charge in [-0.05, 0) is 48.0 Å². The molecule has 8 nitrogen and oxygen atoms in total. The van der Waals surface area contributed by atoms with Gasteiger partial charge in [-0.2, -0.15) is 0 Å². The molecule has 0 spiro atoms. The zero-order valence-corrected chi connectivity index (χ0v) is 19.2. The maximum absolute atomic E-state index is 12.8. The molecule has 1 aliphatic rings. The summed E-state index contributed by atoms with van der Waals surface area (Å²) >= 11 is 6.59. The van der Waals surface area contributed by atoms with E-state index in [1.54, 1.807) is 61.1 Å². The first kappa shape index (κ1) is 22.7. The number of hydrogen-bond acceptors (Lipinski definition) is 8. The van der Waals surface area contributed by atoms with Gasteiger partial charge in [0.25, 0.3) is 11.8 Å². The summed E-state index contributed by atoms with van der Waals surface area (Å²) in [5, 5.41) is 2.71. The number of thioether (sulfide) groups is 1. The van der Waals surface area contributed by atoms with E-state index in [0.29, 0.717) is 32.2 Å². The highest BCUT2D eigenvalue weighted by atomic mass is 32.2. The average molecular weight is 485 g/mol. The molecule has 0 atom stereocenters. The van der Waals surface area contributed by atoms with Crippen LogP contribution in [0, 0.1) is 0 Å². The lowest BCUT2D eigenvalue weighted by Crippen LogP contribution is -2.28. The maximum atomic E-state index is 12.8. The third-order valence-electron chi connectivity index (χ3n) is 4.65. The van der Waals surface area contributed by atoms with Crippen LogP contribution in [0.4, 0.5) is 0 Å². The minimum absolute atomic E-state index is 0.179. The molecule has 4 rings (SSSR count). The Morgan fingerprint density at radius 1 is 1.15 bits per heavy atom. The second-order valence-corrected chi connectivity index (χ2v) is 8.58. The molecular formula is C23H20N2O6S2. The highest BCUT2D eigenvalue weighted by Crippen LogP contribution is 2.35. The quantitative estimate of drug-likeness (QED) is 0.360. The molecule has 0 aliphatic carbocycles. The number of nitrogens with one attached hydrogen (secondary N) is 1. The summed E-state index contributed by atoms with van der Waals surface area (Å²) in [7, 11) is 1.51. The van der Waals surface area contributed by atoms with Crippen molar-refractivity contribution in [2.24, 2.45) is 0 Å². The molecule has 2 amide bonds. The van der Waals surface area contributed by atoms with Crippen LogP contribution in [-0.2, 0) is 22.7 Å². The fraction of sp³-hybridized carbons (Fsp3) is 0.174. The minimum atomic E-state index is -0.294. The third-order valence-corrected chi connectivity index (χ3v) is 6.03. The number of methoxy groups -OCH3 is 1. The molecule has 1 aromatic carbocycles. The second kappa shape index (κ2) is 10.4. The van der Waals surface area contributed by atoms with Gasteiger partial charge >= 0.3 is 0 Å². The van der Waals surface area contributed by atoms with E-state index in [4.69, 9.17) is 30.5 Å². The van der Waals surface area contributed by atoms with E-state index in [9.17, 15) is 9.59 Å². The van der Waals surface area contributed by atoms with Crippen LogP contribution < -0.4 is 14.8 Å². The zero-order valence-electron chi connectivity index (χ0n) is 17.6. The van der Waals surface area contributed by atoms with Gasteiger partial charge in [0.1, 0.15) is 15.8 Å². The predicted molar refractivity (Wildman–Crippen MR) is 126 cm³/mol. The molecule has 0 radical (unpaired) electrons. The fourth-order valence-electron chi connectivity index (χ4n) is 3.03. The van der Waals surface area contributed by atoms with Crippen molar-refractivity contribution in [2.45, 2.75) is 13.1 Å². The number of nitrogens with zero attached hydrogens (tertiary/aromatic N) is 1.